The highest BCUT2D eigenvalue weighted by atomic mass is 35.5. The van der Waals surface area contributed by atoms with Crippen molar-refractivity contribution in [1.82, 2.24) is 18.6 Å². The van der Waals surface area contributed by atoms with Gasteiger partial charge in [-0.1, -0.05) is 23.5 Å². The van der Waals surface area contributed by atoms with E-state index >= 15 is 0 Å². The van der Waals surface area contributed by atoms with Crippen LogP contribution in [-0.2, 0) is 6.54 Å². The van der Waals surface area contributed by atoms with Gasteiger partial charge in [-0.25, -0.2) is 13.7 Å². The SMILES string of the molecule is CSN1CCN(C(=O)c2cnc3cc(CN)c(-c4ccc(F)cc4Cl)cn23)CC1. The van der Waals surface area contributed by atoms with Crippen LogP contribution in [0.25, 0.3) is 16.8 Å². The first-order valence-electron chi connectivity index (χ1n) is 9.25. The Morgan fingerprint density at radius 3 is 2.66 bits per heavy atom. The summed E-state index contributed by atoms with van der Waals surface area (Å²) in [5.74, 6) is -0.466. The molecule has 2 N–H and O–H groups in total. The Morgan fingerprint density at radius 1 is 1.24 bits per heavy atom. The van der Waals surface area contributed by atoms with Gasteiger partial charge in [0.15, 0.2) is 0 Å². The smallest absolute Gasteiger partial charge is 0.272 e. The second-order valence-electron chi connectivity index (χ2n) is 6.82. The van der Waals surface area contributed by atoms with E-state index in [1.165, 1.54) is 12.1 Å². The van der Waals surface area contributed by atoms with Crippen molar-refractivity contribution in [2.24, 2.45) is 5.73 Å². The number of fused-ring (bicyclic) bond motifs is 1. The third-order valence-corrected chi connectivity index (χ3v) is 6.37. The van der Waals surface area contributed by atoms with E-state index in [1.54, 1.807) is 28.6 Å². The van der Waals surface area contributed by atoms with Crippen LogP contribution in [0, 0.1) is 5.82 Å². The number of imidazole rings is 1. The molecule has 152 valence electrons. The number of nitrogens with zero attached hydrogens (tertiary/aromatic N) is 4. The van der Waals surface area contributed by atoms with Gasteiger partial charge in [0.1, 0.15) is 17.2 Å². The number of pyridine rings is 1. The van der Waals surface area contributed by atoms with Gasteiger partial charge in [0, 0.05) is 50.0 Å². The predicted octanol–water partition coefficient (Wildman–Crippen LogP) is 3.29. The van der Waals surface area contributed by atoms with Gasteiger partial charge in [-0.05, 0) is 36.1 Å². The van der Waals surface area contributed by atoms with E-state index in [-0.39, 0.29) is 12.5 Å². The highest BCUT2D eigenvalue weighted by Gasteiger charge is 2.24. The zero-order valence-corrected chi connectivity index (χ0v) is 17.5. The van der Waals surface area contributed by atoms with Gasteiger partial charge in [-0.15, -0.1) is 0 Å². The van der Waals surface area contributed by atoms with E-state index < -0.39 is 5.82 Å². The minimum atomic E-state index is -0.406. The first-order valence-corrected chi connectivity index (χ1v) is 10.8. The molecular formula is C20H21ClFN5OS. The van der Waals surface area contributed by atoms with Crippen LogP contribution >= 0.6 is 23.5 Å². The molecule has 0 aliphatic carbocycles. The van der Waals surface area contributed by atoms with Gasteiger partial charge >= 0.3 is 0 Å². The fraction of sp³-hybridized carbons (Fsp3) is 0.300. The van der Waals surface area contributed by atoms with Crippen LogP contribution in [0.15, 0.2) is 36.7 Å². The van der Waals surface area contributed by atoms with Crippen LogP contribution < -0.4 is 5.73 Å². The average Bonchev–Trinajstić information content (AvgIpc) is 3.15. The molecule has 1 aliphatic rings. The van der Waals surface area contributed by atoms with Crippen molar-refractivity contribution in [3.8, 4) is 11.1 Å². The van der Waals surface area contributed by atoms with Crippen molar-refractivity contribution in [2.45, 2.75) is 6.54 Å². The molecule has 0 saturated carbocycles. The number of benzene rings is 1. The lowest BCUT2D eigenvalue weighted by Crippen LogP contribution is -2.46. The van der Waals surface area contributed by atoms with Crippen molar-refractivity contribution >= 4 is 35.1 Å². The van der Waals surface area contributed by atoms with E-state index in [0.29, 0.717) is 35.0 Å². The van der Waals surface area contributed by atoms with E-state index in [1.807, 2.05) is 23.4 Å². The summed E-state index contributed by atoms with van der Waals surface area (Å²) >= 11 is 7.97. The van der Waals surface area contributed by atoms with Gasteiger partial charge in [-0.3, -0.25) is 9.20 Å². The molecule has 3 heterocycles. The van der Waals surface area contributed by atoms with E-state index in [4.69, 9.17) is 17.3 Å². The lowest BCUT2D eigenvalue weighted by molar-refractivity contribution is 0.0697. The molecule has 1 aromatic carbocycles. The largest absolute Gasteiger partial charge is 0.335 e. The average molecular weight is 434 g/mol. The summed E-state index contributed by atoms with van der Waals surface area (Å²) in [5.41, 5.74) is 9.30. The number of hydrogen-bond donors (Lipinski definition) is 1. The van der Waals surface area contributed by atoms with Crippen LogP contribution in [0.2, 0.25) is 5.02 Å². The normalized spacial score (nSPS) is 15.2. The summed E-state index contributed by atoms with van der Waals surface area (Å²) in [4.78, 5) is 19.4. The van der Waals surface area contributed by atoms with Crippen LogP contribution in [0.5, 0.6) is 0 Å². The highest BCUT2D eigenvalue weighted by molar-refractivity contribution is 7.96. The number of carbonyl (C=O) groups is 1. The predicted molar refractivity (Wildman–Crippen MR) is 114 cm³/mol. The molecule has 9 heteroatoms. The Kier molecular flexibility index (Phi) is 5.78. The van der Waals surface area contributed by atoms with Crippen LogP contribution in [0.4, 0.5) is 4.39 Å². The standard InChI is InChI=1S/C20H21ClFN5OS/c1-29-26-6-4-25(5-7-26)20(28)18-11-24-19-8-13(10-23)16(12-27(18)19)15-3-2-14(22)9-17(15)21/h2-3,8-9,11-12H,4-7,10,23H2,1H3. The van der Waals surface area contributed by atoms with E-state index in [2.05, 4.69) is 9.29 Å². The van der Waals surface area contributed by atoms with Gasteiger partial charge in [-0.2, -0.15) is 0 Å². The van der Waals surface area contributed by atoms with E-state index in [9.17, 15) is 9.18 Å². The molecule has 1 fully saturated rings. The quantitative estimate of drug-likeness (QED) is 0.639. The van der Waals surface area contributed by atoms with Gasteiger partial charge in [0.25, 0.3) is 5.91 Å². The molecule has 1 amide bonds. The Hall–Kier alpha value is -2.13. The van der Waals surface area contributed by atoms with Crippen LogP contribution in [-0.4, -0.2) is 56.9 Å². The summed E-state index contributed by atoms with van der Waals surface area (Å²) in [5, 5.41) is 0.292. The number of piperazine rings is 1. The first kappa shape index (κ1) is 20.2. The number of nitrogens with two attached hydrogens (primary N) is 1. The second-order valence-corrected chi connectivity index (χ2v) is 8.10. The number of amides is 1. The zero-order valence-electron chi connectivity index (χ0n) is 15.9. The number of carbonyl (C=O) groups excluding carboxylic acids is 1. The number of aromatic nitrogens is 2. The molecule has 2 aromatic heterocycles. The Labute approximate surface area is 177 Å². The summed E-state index contributed by atoms with van der Waals surface area (Å²) in [6.45, 7) is 3.27. The lowest BCUT2D eigenvalue weighted by Gasteiger charge is -2.33. The van der Waals surface area contributed by atoms with Crippen LogP contribution in [0.1, 0.15) is 16.1 Å². The summed E-state index contributed by atoms with van der Waals surface area (Å²) < 4.78 is 17.5. The highest BCUT2D eigenvalue weighted by Crippen LogP contribution is 2.32. The second kappa shape index (κ2) is 8.31. The van der Waals surface area contributed by atoms with Gasteiger partial charge in [0.2, 0.25) is 0 Å². The molecule has 0 unspecified atom stereocenters. The lowest BCUT2D eigenvalue weighted by atomic mass is 10.0. The van der Waals surface area contributed by atoms with Gasteiger partial charge in [0.05, 0.1) is 11.2 Å². The minimum Gasteiger partial charge on any atom is -0.335 e. The van der Waals surface area contributed by atoms with Gasteiger partial charge < -0.3 is 10.6 Å². The van der Waals surface area contributed by atoms with E-state index in [0.717, 1.165) is 24.2 Å². The fourth-order valence-electron chi connectivity index (χ4n) is 3.58. The molecule has 0 atom stereocenters. The third-order valence-electron chi connectivity index (χ3n) is 5.18. The zero-order chi connectivity index (χ0) is 20.5. The maximum absolute atomic E-state index is 13.5. The van der Waals surface area contributed by atoms with Crippen molar-refractivity contribution < 1.29 is 9.18 Å². The topological polar surface area (TPSA) is 66.9 Å². The molecule has 0 radical (unpaired) electrons. The summed E-state index contributed by atoms with van der Waals surface area (Å²) in [7, 11) is 0. The molecule has 6 nitrogen and oxygen atoms in total. The number of hydrogen-bond acceptors (Lipinski definition) is 5. The van der Waals surface area contributed by atoms with Crippen molar-refractivity contribution in [1.29, 1.82) is 0 Å². The van der Waals surface area contributed by atoms with Crippen molar-refractivity contribution in [3.05, 3.63) is 58.8 Å². The fourth-order valence-corrected chi connectivity index (χ4v) is 4.37. The molecule has 1 aliphatic heterocycles. The van der Waals surface area contributed by atoms with Crippen molar-refractivity contribution in [3.63, 3.8) is 0 Å². The summed E-state index contributed by atoms with van der Waals surface area (Å²) in [6.07, 6.45) is 5.45. The molecule has 1 saturated heterocycles. The maximum Gasteiger partial charge on any atom is 0.272 e. The monoisotopic (exact) mass is 433 g/mol. The molecule has 4 rings (SSSR count). The Morgan fingerprint density at radius 2 is 2.00 bits per heavy atom. The molecule has 3 aromatic rings. The molecule has 0 spiro atoms. The van der Waals surface area contributed by atoms with Crippen molar-refractivity contribution in [2.75, 3.05) is 32.4 Å². The third kappa shape index (κ3) is 3.85. The minimum absolute atomic E-state index is 0.0603. The Balaban J connectivity index is 1.75. The number of halogens is 2. The Bertz CT molecular complexity index is 1060. The molecule has 0 bridgehead atoms. The maximum atomic E-state index is 13.5. The van der Waals surface area contributed by atoms with Crippen LogP contribution in [0.3, 0.4) is 0 Å². The number of rotatable bonds is 4. The molecular weight excluding hydrogens is 413 g/mol. The molecule has 29 heavy (non-hydrogen) atoms. The summed E-state index contributed by atoms with van der Waals surface area (Å²) in [6, 6.07) is 6.10. The first-order chi connectivity index (χ1) is 14.0.